The molecule has 0 aliphatic heterocycles. The van der Waals surface area contributed by atoms with E-state index in [0.717, 1.165) is 12.6 Å². The van der Waals surface area contributed by atoms with Crippen LogP contribution in [0, 0.1) is 5.82 Å². The van der Waals surface area contributed by atoms with Gasteiger partial charge in [0.25, 0.3) is 0 Å². The smallest absolute Gasteiger partial charge is 0.147 e. The van der Waals surface area contributed by atoms with Crippen LogP contribution in [-0.4, -0.2) is 10.1 Å². The molecule has 0 aliphatic carbocycles. The van der Waals surface area contributed by atoms with Crippen molar-refractivity contribution in [1.29, 1.82) is 0 Å². The molecule has 13 heavy (non-hydrogen) atoms. The van der Waals surface area contributed by atoms with Gasteiger partial charge < -0.3 is 5.11 Å². The molecule has 1 aromatic heterocycles. The standard InChI is InChI=1S/C10H14FNO/c1-3-5-10(2,13)8-4-6-12-7-9(8)11/h4,6-7,13H,3,5H2,1-2H3. The minimum Gasteiger partial charge on any atom is -0.385 e. The molecular formula is C10H14FNO. The van der Waals surface area contributed by atoms with E-state index >= 15 is 0 Å². The highest BCUT2D eigenvalue weighted by atomic mass is 19.1. The summed E-state index contributed by atoms with van der Waals surface area (Å²) in [7, 11) is 0. The van der Waals surface area contributed by atoms with E-state index < -0.39 is 11.4 Å². The molecule has 0 aromatic carbocycles. The minimum absolute atomic E-state index is 0.323. The minimum atomic E-state index is -1.08. The Morgan fingerprint density at radius 1 is 1.62 bits per heavy atom. The number of nitrogens with zero attached hydrogens (tertiary/aromatic N) is 1. The lowest BCUT2D eigenvalue weighted by molar-refractivity contribution is 0.0431. The molecule has 0 spiro atoms. The average molecular weight is 183 g/mol. The van der Waals surface area contributed by atoms with Crippen molar-refractivity contribution in [2.24, 2.45) is 0 Å². The van der Waals surface area contributed by atoms with Crippen LogP contribution < -0.4 is 0 Å². The maximum Gasteiger partial charge on any atom is 0.147 e. The average Bonchev–Trinajstić information content (AvgIpc) is 2.04. The van der Waals surface area contributed by atoms with Gasteiger partial charge in [0.15, 0.2) is 0 Å². The topological polar surface area (TPSA) is 33.1 Å². The Bertz CT molecular complexity index is 286. The van der Waals surface area contributed by atoms with Crippen molar-refractivity contribution in [2.75, 3.05) is 0 Å². The van der Waals surface area contributed by atoms with Crippen molar-refractivity contribution in [1.82, 2.24) is 4.98 Å². The summed E-state index contributed by atoms with van der Waals surface area (Å²) in [6, 6.07) is 1.52. The monoisotopic (exact) mass is 183 g/mol. The number of pyridine rings is 1. The third kappa shape index (κ3) is 2.25. The fourth-order valence-electron chi connectivity index (χ4n) is 1.43. The zero-order valence-electron chi connectivity index (χ0n) is 7.92. The summed E-state index contributed by atoms with van der Waals surface area (Å²) in [5.41, 5.74) is -0.758. The van der Waals surface area contributed by atoms with E-state index in [1.807, 2.05) is 6.92 Å². The summed E-state index contributed by atoms with van der Waals surface area (Å²) in [6.07, 6.45) is 3.98. The van der Waals surface area contributed by atoms with Crippen LogP contribution in [0.25, 0.3) is 0 Å². The summed E-state index contributed by atoms with van der Waals surface area (Å²) in [5.74, 6) is -0.444. The molecule has 1 atom stereocenters. The molecule has 3 heteroatoms. The Morgan fingerprint density at radius 3 is 2.85 bits per heavy atom. The summed E-state index contributed by atoms with van der Waals surface area (Å²) in [5, 5.41) is 9.90. The van der Waals surface area contributed by atoms with Gasteiger partial charge in [0.05, 0.1) is 11.8 Å². The molecule has 0 amide bonds. The SMILES string of the molecule is CCCC(C)(O)c1ccncc1F. The van der Waals surface area contributed by atoms with Crippen molar-refractivity contribution in [3.63, 3.8) is 0 Å². The quantitative estimate of drug-likeness (QED) is 0.779. The molecule has 0 bridgehead atoms. The summed E-state index contributed by atoms with van der Waals surface area (Å²) >= 11 is 0. The van der Waals surface area contributed by atoms with Crippen molar-refractivity contribution in [3.05, 3.63) is 29.8 Å². The van der Waals surface area contributed by atoms with Gasteiger partial charge in [-0.25, -0.2) is 4.39 Å². The van der Waals surface area contributed by atoms with Crippen LogP contribution in [0.5, 0.6) is 0 Å². The third-order valence-corrected chi connectivity index (χ3v) is 2.09. The van der Waals surface area contributed by atoms with Crippen molar-refractivity contribution in [2.45, 2.75) is 32.3 Å². The number of aliphatic hydroxyl groups is 1. The molecule has 0 saturated carbocycles. The second kappa shape index (κ2) is 3.83. The first kappa shape index (κ1) is 10.1. The van der Waals surface area contributed by atoms with E-state index in [9.17, 15) is 9.50 Å². The van der Waals surface area contributed by atoms with Crippen LogP contribution in [0.3, 0.4) is 0 Å². The zero-order chi connectivity index (χ0) is 9.90. The van der Waals surface area contributed by atoms with Crippen molar-refractivity contribution >= 4 is 0 Å². The third-order valence-electron chi connectivity index (χ3n) is 2.09. The predicted octanol–water partition coefficient (Wildman–Crippen LogP) is 2.23. The summed E-state index contributed by atoms with van der Waals surface area (Å²) in [6.45, 7) is 3.57. The molecule has 1 aromatic rings. The Balaban J connectivity index is 2.99. The van der Waals surface area contributed by atoms with Gasteiger partial charge in [-0.2, -0.15) is 0 Å². The second-order valence-electron chi connectivity index (χ2n) is 3.38. The number of hydrogen-bond acceptors (Lipinski definition) is 2. The highest BCUT2D eigenvalue weighted by molar-refractivity contribution is 5.19. The van der Waals surface area contributed by atoms with Crippen LogP contribution in [0.1, 0.15) is 32.3 Å². The first-order valence-corrected chi connectivity index (χ1v) is 4.40. The Morgan fingerprint density at radius 2 is 2.31 bits per heavy atom. The van der Waals surface area contributed by atoms with Crippen LogP contribution >= 0.6 is 0 Å². The van der Waals surface area contributed by atoms with E-state index in [1.54, 1.807) is 6.92 Å². The van der Waals surface area contributed by atoms with Crippen LogP contribution in [0.15, 0.2) is 18.5 Å². The highest BCUT2D eigenvalue weighted by Gasteiger charge is 2.24. The lowest BCUT2D eigenvalue weighted by Gasteiger charge is -2.23. The highest BCUT2D eigenvalue weighted by Crippen LogP contribution is 2.27. The molecule has 1 N–H and O–H groups in total. The summed E-state index contributed by atoms with van der Waals surface area (Å²) < 4.78 is 13.2. The van der Waals surface area contributed by atoms with E-state index in [-0.39, 0.29) is 0 Å². The lowest BCUT2D eigenvalue weighted by atomic mass is 9.92. The molecule has 2 nitrogen and oxygen atoms in total. The second-order valence-corrected chi connectivity index (χ2v) is 3.38. The van der Waals surface area contributed by atoms with Crippen molar-refractivity contribution in [3.8, 4) is 0 Å². The number of aromatic nitrogens is 1. The first-order chi connectivity index (χ1) is 6.08. The van der Waals surface area contributed by atoms with E-state index in [1.165, 1.54) is 12.3 Å². The molecular weight excluding hydrogens is 169 g/mol. The van der Waals surface area contributed by atoms with Crippen LogP contribution in [0.2, 0.25) is 0 Å². The van der Waals surface area contributed by atoms with Gasteiger partial charge in [-0.1, -0.05) is 13.3 Å². The Kier molecular flexibility index (Phi) is 2.98. The Labute approximate surface area is 77.4 Å². The van der Waals surface area contributed by atoms with Gasteiger partial charge in [0.1, 0.15) is 5.82 Å². The molecule has 0 fully saturated rings. The molecule has 1 heterocycles. The molecule has 0 radical (unpaired) electrons. The molecule has 1 unspecified atom stereocenters. The van der Waals surface area contributed by atoms with E-state index in [0.29, 0.717) is 12.0 Å². The van der Waals surface area contributed by atoms with Gasteiger partial charge in [0, 0.05) is 11.8 Å². The Hall–Kier alpha value is -0.960. The molecule has 72 valence electrons. The van der Waals surface area contributed by atoms with Gasteiger partial charge in [-0.15, -0.1) is 0 Å². The van der Waals surface area contributed by atoms with Crippen LogP contribution in [-0.2, 0) is 5.60 Å². The fourth-order valence-corrected chi connectivity index (χ4v) is 1.43. The van der Waals surface area contributed by atoms with E-state index in [2.05, 4.69) is 4.98 Å². The number of rotatable bonds is 3. The van der Waals surface area contributed by atoms with Gasteiger partial charge >= 0.3 is 0 Å². The van der Waals surface area contributed by atoms with Crippen molar-refractivity contribution < 1.29 is 9.50 Å². The maximum atomic E-state index is 13.2. The normalized spacial score (nSPS) is 15.4. The van der Waals surface area contributed by atoms with Gasteiger partial charge in [0.2, 0.25) is 0 Å². The number of halogens is 1. The van der Waals surface area contributed by atoms with Gasteiger partial charge in [-0.05, 0) is 19.4 Å². The number of hydrogen-bond donors (Lipinski definition) is 1. The lowest BCUT2D eigenvalue weighted by Crippen LogP contribution is -2.22. The largest absolute Gasteiger partial charge is 0.385 e. The molecule has 1 rings (SSSR count). The molecule has 0 saturated heterocycles. The maximum absolute atomic E-state index is 13.2. The first-order valence-electron chi connectivity index (χ1n) is 4.40. The van der Waals surface area contributed by atoms with E-state index in [4.69, 9.17) is 0 Å². The summed E-state index contributed by atoms with van der Waals surface area (Å²) in [4.78, 5) is 3.63. The zero-order valence-corrected chi connectivity index (χ0v) is 7.92. The van der Waals surface area contributed by atoms with Crippen LogP contribution in [0.4, 0.5) is 4.39 Å². The molecule has 0 aliphatic rings. The van der Waals surface area contributed by atoms with Gasteiger partial charge in [-0.3, -0.25) is 4.98 Å². The fraction of sp³-hybridized carbons (Fsp3) is 0.500. The predicted molar refractivity (Wildman–Crippen MR) is 48.7 cm³/mol.